The van der Waals surface area contributed by atoms with E-state index >= 15 is 0 Å². The zero-order valence-corrected chi connectivity index (χ0v) is 11.8. The fourth-order valence-electron chi connectivity index (χ4n) is 2.12. The van der Waals surface area contributed by atoms with Crippen LogP contribution in [0.1, 0.15) is 18.1 Å². The third-order valence-corrected chi connectivity index (χ3v) is 3.22. The van der Waals surface area contributed by atoms with Crippen molar-refractivity contribution in [3.8, 4) is 11.8 Å². The number of rotatable bonds is 4. The van der Waals surface area contributed by atoms with Crippen molar-refractivity contribution in [2.24, 2.45) is 0 Å². The van der Waals surface area contributed by atoms with E-state index in [4.69, 9.17) is 4.74 Å². The van der Waals surface area contributed by atoms with Crippen LogP contribution in [0, 0.1) is 11.8 Å². The van der Waals surface area contributed by atoms with Gasteiger partial charge >= 0.3 is 0 Å². The lowest BCUT2D eigenvalue weighted by atomic mass is 10.1. The molecule has 0 bridgehead atoms. The summed E-state index contributed by atoms with van der Waals surface area (Å²) in [6.07, 6.45) is 0. The van der Waals surface area contributed by atoms with E-state index in [1.54, 1.807) is 6.92 Å². The molecule has 1 aliphatic heterocycles. The van der Waals surface area contributed by atoms with Crippen molar-refractivity contribution < 1.29 is 9.53 Å². The van der Waals surface area contributed by atoms with Crippen LogP contribution in [0.3, 0.4) is 0 Å². The monoisotopic (exact) mass is 272 g/mol. The quantitative estimate of drug-likeness (QED) is 0.836. The molecule has 0 aromatic heterocycles. The van der Waals surface area contributed by atoms with Gasteiger partial charge in [0.05, 0.1) is 13.2 Å². The van der Waals surface area contributed by atoms with Crippen LogP contribution >= 0.6 is 0 Å². The van der Waals surface area contributed by atoms with Crippen LogP contribution in [-0.2, 0) is 22.6 Å². The minimum Gasteiger partial charge on any atom is -0.379 e. The molecule has 1 N–H and O–H groups in total. The number of ether oxygens (including phenoxy) is 1. The van der Waals surface area contributed by atoms with Gasteiger partial charge in [0.2, 0.25) is 0 Å². The van der Waals surface area contributed by atoms with E-state index in [9.17, 15) is 4.79 Å². The predicted octanol–water partition coefficient (Wildman–Crippen LogP) is 1.16. The van der Waals surface area contributed by atoms with Gasteiger partial charge in [-0.1, -0.05) is 30.2 Å². The Morgan fingerprint density at radius 2 is 1.90 bits per heavy atom. The van der Waals surface area contributed by atoms with Gasteiger partial charge in [0.1, 0.15) is 0 Å². The van der Waals surface area contributed by atoms with E-state index < -0.39 is 0 Å². The maximum Gasteiger partial charge on any atom is 0.296 e. The van der Waals surface area contributed by atoms with E-state index in [1.807, 2.05) is 0 Å². The van der Waals surface area contributed by atoms with Crippen molar-refractivity contribution >= 4 is 5.91 Å². The van der Waals surface area contributed by atoms with Crippen LogP contribution in [-0.4, -0.2) is 37.1 Å². The highest BCUT2D eigenvalue weighted by atomic mass is 16.5. The maximum atomic E-state index is 11.2. The molecule has 0 atom stereocenters. The van der Waals surface area contributed by atoms with Gasteiger partial charge in [-0.2, -0.15) is 0 Å². The van der Waals surface area contributed by atoms with Gasteiger partial charge in [0.15, 0.2) is 0 Å². The lowest BCUT2D eigenvalue weighted by molar-refractivity contribution is -0.115. The Morgan fingerprint density at radius 1 is 1.25 bits per heavy atom. The van der Waals surface area contributed by atoms with Crippen LogP contribution in [0.4, 0.5) is 0 Å². The molecule has 2 rings (SSSR count). The second-order valence-corrected chi connectivity index (χ2v) is 4.76. The van der Waals surface area contributed by atoms with Crippen molar-refractivity contribution in [3.63, 3.8) is 0 Å². The summed E-state index contributed by atoms with van der Waals surface area (Å²) in [5.74, 6) is 4.81. The fraction of sp³-hybridized carbons (Fsp3) is 0.438. The third kappa shape index (κ3) is 4.69. The minimum atomic E-state index is -0.232. The highest BCUT2D eigenvalue weighted by Gasteiger charge is 2.10. The standard InChI is InChI=1S/C16H20N2O2/c1-2-3-16(19)17-12-14-4-6-15(7-5-14)13-18-8-10-20-11-9-18/h4-7H,8-13H2,1H3,(H,17,19). The Hall–Kier alpha value is -1.83. The number of carbonyl (C=O) groups is 1. The molecule has 0 spiro atoms. The Balaban J connectivity index is 1.82. The van der Waals surface area contributed by atoms with Gasteiger partial charge in [0, 0.05) is 26.2 Å². The Bertz CT molecular complexity index is 493. The fourth-order valence-corrected chi connectivity index (χ4v) is 2.12. The molecular weight excluding hydrogens is 252 g/mol. The summed E-state index contributed by atoms with van der Waals surface area (Å²) in [5, 5.41) is 2.76. The minimum absolute atomic E-state index is 0.232. The molecule has 1 saturated heterocycles. The number of hydrogen-bond donors (Lipinski definition) is 1. The first-order valence-electron chi connectivity index (χ1n) is 6.86. The molecule has 1 fully saturated rings. The lowest BCUT2D eigenvalue weighted by Gasteiger charge is -2.26. The molecule has 1 heterocycles. The van der Waals surface area contributed by atoms with Crippen LogP contribution < -0.4 is 5.32 Å². The van der Waals surface area contributed by atoms with Crippen molar-refractivity contribution in [1.29, 1.82) is 0 Å². The molecular formula is C16H20N2O2. The molecule has 1 aromatic carbocycles. The van der Waals surface area contributed by atoms with Crippen molar-refractivity contribution in [1.82, 2.24) is 10.2 Å². The molecule has 1 amide bonds. The summed E-state index contributed by atoms with van der Waals surface area (Å²) in [7, 11) is 0. The van der Waals surface area contributed by atoms with Gasteiger partial charge < -0.3 is 10.1 Å². The van der Waals surface area contributed by atoms with E-state index in [0.717, 1.165) is 38.4 Å². The van der Waals surface area contributed by atoms with Crippen LogP contribution in [0.25, 0.3) is 0 Å². The summed E-state index contributed by atoms with van der Waals surface area (Å²) in [6.45, 7) is 6.76. The number of nitrogens with one attached hydrogen (secondary N) is 1. The zero-order chi connectivity index (χ0) is 14.2. The van der Waals surface area contributed by atoms with E-state index in [0.29, 0.717) is 6.54 Å². The molecule has 1 aromatic rings. The second-order valence-electron chi connectivity index (χ2n) is 4.76. The van der Waals surface area contributed by atoms with Gasteiger partial charge in [-0.3, -0.25) is 9.69 Å². The molecule has 0 saturated carbocycles. The Morgan fingerprint density at radius 3 is 2.55 bits per heavy atom. The summed E-state index contributed by atoms with van der Waals surface area (Å²) >= 11 is 0. The lowest BCUT2D eigenvalue weighted by Crippen LogP contribution is -2.35. The predicted molar refractivity (Wildman–Crippen MR) is 77.8 cm³/mol. The Labute approximate surface area is 120 Å². The normalized spacial score (nSPS) is 15.2. The van der Waals surface area contributed by atoms with Crippen LogP contribution in [0.5, 0.6) is 0 Å². The van der Waals surface area contributed by atoms with Crippen molar-refractivity contribution in [2.45, 2.75) is 20.0 Å². The maximum absolute atomic E-state index is 11.2. The van der Waals surface area contributed by atoms with E-state index in [1.165, 1.54) is 5.56 Å². The number of carbonyl (C=O) groups excluding carboxylic acids is 1. The van der Waals surface area contributed by atoms with Crippen molar-refractivity contribution in [3.05, 3.63) is 35.4 Å². The van der Waals surface area contributed by atoms with E-state index in [2.05, 4.69) is 46.3 Å². The molecule has 0 unspecified atom stereocenters. The average Bonchev–Trinajstić information content (AvgIpc) is 2.48. The van der Waals surface area contributed by atoms with Gasteiger partial charge in [-0.25, -0.2) is 0 Å². The summed E-state index contributed by atoms with van der Waals surface area (Å²) in [4.78, 5) is 13.6. The largest absolute Gasteiger partial charge is 0.379 e. The highest BCUT2D eigenvalue weighted by Crippen LogP contribution is 2.09. The first kappa shape index (κ1) is 14.6. The topological polar surface area (TPSA) is 41.6 Å². The van der Waals surface area contributed by atoms with Crippen molar-refractivity contribution in [2.75, 3.05) is 26.3 Å². The molecule has 4 nitrogen and oxygen atoms in total. The first-order valence-corrected chi connectivity index (χ1v) is 6.86. The summed E-state index contributed by atoms with van der Waals surface area (Å²) in [6, 6.07) is 8.33. The van der Waals surface area contributed by atoms with E-state index in [-0.39, 0.29) is 5.91 Å². The smallest absolute Gasteiger partial charge is 0.296 e. The van der Waals surface area contributed by atoms with Gasteiger partial charge in [0.25, 0.3) is 5.91 Å². The average molecular weight is 272 g/mol. The van der Waals surface area contributed by atoms with Crippen LogP contribution in [0.15, 0.2) is 24.3 Å². The Kier molecular flexibility index (Phi) is 5.60. The number of morpholine rings is 1. The van der Waals surface area contributed by atoms with Gasteiger partial charge in [-0.15, -0.1) is 0 Å². The molecule has 0 radical (unpaired) electrons. The number of nitrogens with zero attached hydrogens (tertiary/aromatic N) is 1. The zero-order valence-electron chi connectivity index (χ0n) is 11.8. The third-order valence-electron chi connectivity index (χ3n) is 3.22. The second kappa shape index (κ2) is 7.68. The number of amides is 1. The molecule has 106 valence electrons. The summed E-state index contributed by atoms with van der Waals surface area (Å²) in [5.41, 5.74) is 2.37. The number of hydrogen-bond acceptors (Lipinski definition) is 3. The molecule has 4 heteroatoms. The summed E-state index contributed by atoms with van der Waals surface area (Å²) < 4.78 is 5.34. The molecule has 20 heavy (non-hydrogen) atoms. The van der Waals surface area contributed by atoms with Gasteiger partial charge in [-0.05, 0) is 24.0 Å². The van der Waals surface area contributed by atoms with Crippen LogP contribution in [0.2, 0.25) is 0 Å². The SMILES string of the molecule is CC#CC(=O)NCc1ccc(CN2CCOCC2)cc1. The number of benzene rings is 1. The highest BCUT2D eigenvalue weighted by molar-refractivity contribution is 5.93. The first-order chi connectivity index (χ1) is 9.78. The molecule has 1 aliphatic rings. The molecule has 0 aliphatic carbocycles.